The fourth-order valence-corrected chi connectivity index (χ4v) is 0.644. The average molecular weight is 154 g/mol. The van der Waals surface area contributed by atoms with E-state index in [0.717, 1.165) is 5.69 Å². The monoisotopic (exact) mass is 154 g/mol. The maximum Gasteiger partial charge on any atom is 0.335 e. The number of hydrogen-bond acceptors (Lipinski definition) is 5. The maximum absolute atomic E-state index is 4.74. The van der Waals surface area contributed by atoms with Crippen molar-refractivity contribution in [1.29, 1.82) is 0 Å². The number of ether oxygens (including phenoxy) is 1. The van der Waals surface area contributed by atoms with Crippen molar-refractivity contribution in [1.82, 2.24) is 20.5 Å². The van der Waals surface area contributed by atoms with E-state index in [1.165, 1.54) is 7.11 Å². The number of hydrogen-bond donors (Lipinski definition) is 1. The molecule has 60 valence electrons. The summed E-state index contributed by atoms with van der Waals surface area (Å²) in [7, 11) is 3.35. The number of nitrogens with one attached hydrogen (secondary N) is 1. The summed E-state index contributed by atoms with van der Waals surface area (Å²) in [5.41, 5.74) is 0.799. The van der Waals surface area contributed by atoms with Gasteiger partial charge in [-0.15, -0.1) is 5.10 Å². The van der Waals surface area contributed by atoms with E-state index in [1.54, 1.807) is 6.20 Å². The van der Waals surface area contributed by atoms with Crippen molar-refractivity contribution in [3.05, 3.63) is 11.9 Å². The first-order valence-corrected chi connectivity index (χ1v) is 3.24. The highest BCUT2D eigenvalue weighted by atomic mass is 16.5. The van der Waals surface area contributed by atoms with Gasteiger partial charge in [-0.3, -0.25) is 0 Å². The van der Waals surface area contributed by atoms with Crippen LogP contribution in [0, 0.1) is 0 Å². The van der Waals surface area contributed by atoms with Crippen molar-refractivity contribution in [2.45, 2.75) is 6.54 Å². The summed E-state index contributed by atoms with van der Waals surface area (Å²) in [6, 6.07) is 0.296. The fourth-order valence-electron chi connectivity index (χ4n) is 0.644. The molecule has 0 aliphatic carbocycles. The Balaban J connectivity index is 2.66. The molecule has 0 spiro atoms. The SMILES string of the molecule is CNCc1cnc(OC)nn1. The van der Waals surface area contributed by atoms with Gasteiger partial charge in [-0.2, -0.15) is 0 Å². The van der Waals surface area contributed by atoms with Crippen LogP contribution in [0.1, 0.15) is 5.69 Å². The lowest BCUT2D eigenvalue weighted by Gasteiger charge is -1.97. The third-order valence-corrected chi connectivity index (χ3v) is 1.13. The molecule has 0 atom stereocenters. The molecule has 0 fully saturated rings. The molecule has 0 unspecified atom stereocenters. The summed E-state index contributed by atoms with van der Waals surface area (Å²) in [6.07, 6.45) is 1.63. The van der Waals surface area contributed by atoms with Crippen LogP contribution >= 0.6 is 0 Å². The summed E-state index contributed by atoms with van der Waals surface area (Å²) >= 11 is 0. The first-order chi connectivity index (χ1) is 5.36. The van der Waals surface area contributed by atoms with E-state index in [2.05, 4.69) is 20.5 Å². The fraction of sp³-hybridized carbons (Fsp3) is 0.500. The van der Waals surface area contributed by atoms with Crippen LogP contribution in [0.3, 0.4) is 0 Å². The van der Waals surface area contributed by atoms with Gasteiger partial charge in [-0.1, -0.05) is 5.10 Å². The second-order valence-corrected chi connectivity index (χ2v) is 1.97. The van der Waals surface area contributed by atoms with Gasteiger partial charge in [-0.25, -0.2) is 4.98 Å². The van der Waals surface area contributed by atoms with Gasteiger partial charge in [-0.05, 0) is 7.05 Å². The number of rotatable bonds is 3. The normalized spacial score (nSPS) is 9.64. The molecule has 1 aromatic rings. The Kier molecular flexibility index (Phi) is 2.74. The minimum atomic E-state index is 0.296. The van der Waals surface area contributed by atoms with Gasteiger partial charge in [0.2, 0.25) is 0 Å². The van der Waals surface area contributed by atoms with E-state index in [-0.39, 0.29) is 0 Å². The van der Waals surface area contributed by atoms with Crippen LogP contribution in [-0.4, -0.2) is 29.3 Å². The second-order valence-electron chi connectivity index (χ2n) is 1.97. The van der Waals surface area contributed by atoms with Crippen LogP contribution in [0.5, 0.6) is 6.01 Å². The predicted molar refractivity (Wildman–Crippen MR) is 39.1 cm³/mol. The lowest BCUT2D eigenvalue weighted by atomic mass is 10.5. The molecule has 5 nitrogen and oxygen atoms in total. The Morgan fingerprint density at radius 2 is 2.36 bits per heavy atom. The van der Waals surface area contributed by atoms with Gasteiger partial charge in [0.1, 0.15) is 0 Å². The largest absolute Gasteiger partial charge is 0.466 e. The first-order valence-electron chi connectivity index (χ1n) is 3.24. The van der Waals surface area contributed by atoms with Gasteiger partial charge in [0.25, 0.3) is 0 Å². The lowest BCUT2D eigenvalue weighted by Crippen LogP contribution is -2.08. The van der Waals surface area contributed by atoms with E-state index < -0.39 is 0 Å². The molecule has 1 heterocycles. The zero-order valence-corrected chi connectivity index (χ0v) is 6.53. The quantitative estimate of drug-likeness (QED) is 0.642. The van der Waals surface area contributed by atoms with Crippen LogP contribution in [-0.2, 0) is 6.54 Å². The van der Waals surface area contributed by atoms with Gasteiger partial charge in [0, 0.05) is 6.54 Å². The molecule has 11 heavy (non-hydrogen) atoms. The molecule has 1 rings (SSSR count). The Bertz CT molecular complexity index is 210. The molecule has 5 heteroatoms. The van der Waals surface area contributed by atoms with Crippen molar-refractivity contribution >= 4 is 0 Å². The van der Waals surface area contributed by atoms with Crippen LogP contribution in [0.4, 0.5) is 0 Å². The Morgan fingerprint density at radius 1 is 1.55 bits per heavy atom. The number of methoxy groups -OCH3 is 1. The summed E-state index contributed by atoms with van der Waals surface area (Å²) in [5.74, 6) is 0. The van der Waals surface area contributed by atoms with E-state index >= 15 is 0 Å². The first kappa shape index (κ1) is 7.87. The molecule has 0 aromatic carbocycles. The van der Waals surface area contributed by atoms with Crippen molar-refractivity contribution in [3.8, 4) is 6.01 Å². The maximum atomic E-state index is 4.74. The standard InChI is InChI=1S/C6H10N4O/c1-7-3-5-4-8-6(11-2)10-9-5/h4,7H,3H2,1-2H3. The van der Waals surface area contributed by atoms with E-state index in [1.807, 2.05) is 7.05 Å². The van der Waals surface area contributed by atoms with Gasteiger partial charge in [0.05, 0.1) is 19.0 Å². The van der Waals surface area contributed by atoms with Crippen molar-refractivity contribution < 1.29 is 4.74 Å². The summed E-state index contributed by atoms with van der Waals surface area (Å²) in [6.45, 7) is 0.671. The molecule has 1 N–H and O–H groups in total. The molecule has 0 radical (unpaired) electrons. The summed E-state index contributed by atoms with van der Waals surface area (Å²) in [5, 5.41) is 10.5. The van der Waals surface area contributed by atoms with Crippen LogP contribution in [0.15, 0.2) is 6.20 Å². The predicted octanol–water partition coefficient (Wildman–Crippen LogP) is -0.400. The lowest BCUT2D eigenvalue weighted by molar-refractivity contribution is 0.371. The van der Waals surface area contributed by atoms with Gasteiger partial charge < -0.3 is 10.1 Å². The molecular weight excluding hydrogens is 144 g/mol. The Hall–Kier alpha value is -1.23. The highest BCUT2D eigenvalue weighted by Crippen LogP contribution is 1.96. The summed E-state index contributed by atoms with van der Waals surface area (Å²) < 4.78 is 4.74. The molecule has 0 saturated carbocycles. The van der Waals surface area contributed by atoms with Crippen molar-refractivity contribution in [2.75, 3.05) is 14.2 Å². The molecule has 0 saturated heterocycles. The number of aromatic nitrogens is 3. The van der Waals surface area contributed by atoms with Crippen molar-refractivity contribution in [2.24, 2.45) is 0 Å². The molecule has 0 aliphatic rings. The third-order valence-electron chi connectivity index (χ3n) is 1.13. The molecular formula is C6H10N4O. The average Bonchev–Trinajstić information content (AvgIpc) is 2.07. The minimum absolute atomic E-state index is 0.296. The minimum Gasteiger partial charge on any atom is -0.466 e. The molecule has 0 aliphatic heterocycles. The van der Waals surface area contributed by atoms with Crippen LogP contribution < -0.4 is 10.1 Å². The van der Waals surface area contributed by atoms with E-state index in [0.29, 0.717) is 12.6 Å². The van der Waals surface area contributed by atoms with Gasteiger partial charge in [0.15, 0.2) is 0 Å². The van der Waals surface area contributed by atoms with E-state index in [4.69, 9.17) is 4.74 Å². The zero-order valence-electron chi connectivity index (χ0n) is 6.53. The second kappa shape index (κ2) is 3.82. The van der Waals surface area contributed by atoms with Crippen molar-refractivity contribution in [3.63, 3.8) is 0 Å². The third kappa shape index (κ3) is 2.12. The molecule has 0 amide bonds. The van der Waals surface area contributed by atoms with Gasteiger partial charge >= 0.3 is 6.01 Å². The highest BCUT2D eigenvalue weighted by Gasteiger charge is 1.95. The Labute approximate surface area is 64.8 Å². The number of nitrogens with zero attached hydrogens (tertiary/aromatic N) is 3. The molecule has 0 bridgehead atoms. The smallest absolute Gasteiger partial charge is 0.335 e. The van der Waals surface area contributed by atoms with Crippen LogP contribution in [0.2, 0.25) is 0 Å². The molecule has 1 aromatic heterocycles. The van der Waals surface area contributed by atoms with E-state index in [9.17, 15) is 0 Å². The summed E-state index contributed by atoms with van der Waals surface area (Å²) in [4.78, 5) is 3.88. The highest BCUT2D eigenvalue weighted by molar-refractivity contribution is 4.96. The van der Waals surface area contributed by atoms with Crippen LogP contribution in [0.25, 0.3) is 0 Å². The Morgan fingerprint density at radius 3 is 2.82 bits per heavy atom. The topological polar surface area (TPSA) is 59.9 Å². The zero-order chi connectivity index (χ0) is 8.10.